The van der Waals surface area contributed by atoms with Crippen molar-refractivity contribution in [1.29, 1.82) is 0 Å². The Morgan fingerprint density at radius 1 is 0.939 bits per heavy atom. The first-order valence-electron chi connectivity index (χ1n) is 10.2. The molecule has 6 nitrogen and oxygen atoms in total. The Labute approximate surface area is 200 Å². The van der Waals surface area contributed by atoms with E-state index >= 15 is 0 Å². The average molecular weight is 477 g/mol. The number of carbonyl (C=O) groups excluding carboxylic acids is 1. The predicted octanol–water partition coefficient (Wildman–Crippen LogP) is 6.75. The summed E-state index contributed by atoms with van der Waals surface area (Å²) in [6.07, 6.45) is 0. The molecule has 0 radical (unpaired) electrons. The Bertz CT molecular complexity index is 1350. The lowest BCUT2D eigenvalue weighted by atomic mass is 9.94. The molecule has 3 aromatic carbocycles. The second-order valence-corrected chi connectivity index (χ2v) is 8.41. The summed E-state index contributed by atoms with van der Waals surface area (Å²) >= 11 is 12.2. The number of hydrogen-bond donors (Lipinski definition) is 1. The number of aromatic nitrogens is 2. The fourth-order valence-electron chi connectivity index (χ4n) is 3.89. The van der Waals surface area contributed by atoms with Crippen molar-refractivity contribution in [3.8, 4) is 11.4 Å². The molecule has 2 heterocycles. The minimum Gasteiger partial charge on any atom is -0.334 e. The second kappa shape index (κ2) is 8.73. The van der Waals surface area contributed by atoms with Crippen molar-refractivity contribution in [3.05, 3.63) is 106 Å². The van der Waals surface area contributed by atoms with Crippen LogP contribution in [0, 0.1) is 0 Å². The maximum absolute atomic E-state index is 13.2. The third kappa shape index (κ3) is 4.11. The second-order valence-electron chi connectivity index (χ2n) is 7.54. The fraction of sp³-hybridized carbons (Fsp3) is 0.0800. The maximum atomic E-state index is 13.2. The number of anilines is 1. The number of hydrogen-bond acceptors (Lipinski definition) is 4. The highest BCUT2D eigenvalue weighted by Gasteiger charge is 2.36. The molecule has 2 amide bonds. The van der Waals surface area contributed by atoms with Crippen molar-refractivity contribution in [1.82, 2.24) is 15.5 Å². The lowest BCUT2D eigenvalue weighted by Crippen LogP contribution is -2.46. The van der Waals surface area contributed by atoms with E-state index in [2.05, 4.69) is 15.5 Å². The number of amides is 2. The van der Waals surface area contributed by atoms with Gasteiger partial charge in [0.2, 0.25) is 5.82 Å². The first kappa shape index (κ1) is 21.2. The average Bonchev–Trinajstić information content (AvgIpc) is 3.29. The molecular weight excluding hydrogens is 459 g/mol. The quantitative estimate of drug-likeness (QED) is 0.353. The number of allylic oxidation sites excluding steroid dienone is 1. The number of carbonyl (C=O) groups is 1. The van der Waals surface area contributed by atoms with Crippen molar-refractivity contribution in [2.24, 2.45) is 0 Å². The lowest BCUT2D eigenvalue weighted by Gasteiger charge is -2.35. The van der Waals surface area contributed by atoms with Crippen LogP contribution in [0.3, 0.4) is 0 Å². The van der Waals surface area contributed by atoms with E-state index in [4.69, 9.17) is 27.7 Å². The minimum atomic E-state index is -0.465. The monoisotopic (exact) mass is 476 g/mol. The van der Waals surface area contributed by atoms with Gasteiger partial charge < -0.3 is 9.84 Å². The molecular formula is C25H18Cl2N4O2. The van der Waals surface area contributed by atoms with Gasteiger partial charge in [-0.25, -0.2) is 4.79 Å². The standard InChI is InChI=1S/C25H18Cl2N4O2/c1-15-21(24-29-23(30-33-24)17-10-12-18(26)13-11-17)22(16-6-3-2-4-7-16)28-25(32)31(15)20-9-5-8-19(27)14-20/h2-14,22H,1H3,(H,28,32). The molecule has 33 heavy (non-hydrogen) atoms. The van der Waals surface area contributed by atoms with E-state index in [1.54, 1.807) is 35.2 Å². The van der Waals surface area contributed by atoms with Gasteiger partial charge >= 0.3 is 6.03 Å². The van der Waals surface area contributed by atoms with E-state index in [1.165, 1.54) is 0 Å². The Morgan fingerprint density at radius 2 is 1.70 bits per heavy atom. The largest absolute Gasteiger partial charge is 0.334 e. The van der Waals surface area contributed by atoms with Crippen molar-refractivity contribution in [2.45, 2.75) is 13.0 Å². The highest BCUT2D eigenvalue weighted by molar-refractivity contribution is 6.31. The molecule has 1 N–H and O–H groups in total. The van der Waals surface area contributed by atoms with E-state index in [9.17, 15) is 4.79 Å². The third-order valence-electron chi connectivity index (χ3n) is 5.44. The number of urea groups is 1. The van der Waals surface area contributed by atoms with Crippen molar-refractivity contribution < 1.29 is 9.32 Å². The number of nitrogens with one attached hydrogen (secondary N) is 1. The van der Waals surface area contributed by atoms with Crippen LogP contribution in [0.15, 0.2) is 89.1 Å². The number of halogens is 2. The Balaban J connectivity index is 1.65. The van der Waals surface area contributed by atoms with E-state index in [1.807, 2.05) is 55.5 Å². The SMILES string of the molecule is CC1=C(c2nc(-c3ccc(Cl)cc3)no2)C(c2ccccc2)NC(=O)N1c1cccc(Cl)c1. The summed E-state index contributed by atoms with van der Waals surface area (Å²) < 4.78 is 5.70. The highest BCUT2D eigenvalue weighted by atomic mass is 35.5. The van der Waals surface area contributed by atoms with Gasteiger partial charge in [0.1, 0.15) is 0 Å². The zero-order valence-corrected chi connectivity index (χ0v) is 19.0. The maximum Gasteiger partial charge on any atom is 0.326 e. The summed E-state index contributed by atoms with van der Waals surface area (Å²) in [4.78, 5) is 19.4. The molecule has 4 aromatic rings. The lowest BCUT2D eigenvalue weighted by molar-refractivity contribution is 0.244. The molecule has 0 saturated heterocycles. The summed E-state index contributed by atoms with van der Waals surface area (Å²) in [6.45, 7) is 1.86. The van der Waals surface area contributed by atoms with Gasteiger partial charge in [0.25, 0.3) is 5.89 Å². The Hall–Kier alpha value is -3.61. The summed E-state index contributed by atoms with van der Waals surface area (Å²) in [5.41, 5.74) is 3.68. The molecule has 1 aliphatic heterocycles. The van der Waals surface area contributed by atoms with Crippen LogP contribution in [0.5, 0.6) is 0 Å². The van der Waals surface area contributed by atoms with Crippen molar-refractivity contribution in [3.63, 3.8) is 0 Å². The molecule has 0 saturated carbocycles. The van der Waals surface area contributed by atoms with Crippen LogP contribution in [0.4, 0.5) is 10.5 Å². The van der Waals surface area contributed by atoms with E-state index in [-0.39, 0.29) is 6.03 Å². The molecule has 0 aliphatic carbocycles. The summed E-state index contributed by atoms with van der Waals surface area (Å²) in [7, 11) is 0. The minimum absolute atomic E-state index is 0.273. The van der Waals surface area contributed by atoms with Gasteiger partial charge in [-0.3, -0.25) is 4.90 Å². The number of rotatable bonds is 4. The van der Waals surface area contributed by atoms with E-state index in [0.29, 0.717) is 38.7 Å². The van der Waals surface area contributed by atoms with Gasteiger partial charge in [-0.1, -0.05) is 64.8 Å². The molecule has 164 valence electrons. The molecule has 8 heteroatoms. The molecule has 1 aromatic heterocycles. The van der Waals surface area contributed by atoms with Crippen LogP contribution in [0.25, 0.3) is 17.0 Å². The molecule has 1 aliphatic rings. The molecule has 0 bridgehead atoms. The van der Waals surface area contributed by atoms with Crippen molar-refractivity contribution in [2.75, 3.05) is 4.90 Å². The normalized spacial score (nSPS) is 16.2. The first-order chi connectivity index (χ1) is 16.0. The van der Waals surface area contributed by atoms with E-state index < -0.39 is 6.04 Å². The molecule has 0 fully saturated rings. The zero-order valence-electron chi connectivity index (χ0n) is 17.5. The van der Waals surface area contributed by atoms with Gasteiger partial charge in [-0.2, -0.15) is 4.98 Å². The van der Waals surface area contributed by atoms with Crippen LogP contribution in [-0.4, -0.2) is 16.2 Å². The molecule has 5 rings (SSSR count). The van der Waals surface area contributed by atoms with Crippen LogP contribution in [0.1, 0.15) is 24.4 Å². The molecule has 1 unspecified atom stereocenters. The fourth-order valence-corrected chi connectivity index (χ4v) is 4.20. The van der Waals surface area contributed by atoms with Crippen molar-refractivity contribution >= 4 is 40.5 Å². The predicted molar refractivity (Wildman–Crippen MR) is 129 cm³/mol. The van der Waals surface area contributed by atoms with Gasteiger partial charge in [-0.05, 0) is 55.0 Å². The Morgan fingerprint density at radius 3 is 2.42 bits per heavy atom. The smallest absolute Gasteiger partial charge is 0.326 e. The number of nitrogens with zero attached hydrogens (tertiary/aromatic N) is 3. The molecule has 1 atom stereocenters. The van der Waals surface area contributed by atoms with Gasteiger partial charge in [0, 0.05) is 21.3 Å². The van der Waals surface area contributed by atoms with Crippen LogP contribution >= 0.6 is 23.2 Å². The highest BCUT2D eigenvalue weighted by Crippen LogP contribution is 2.39. The van der Waals surface area contributed by atoms with Gasteiger partial charge in [0.15, 0.2) is 0 Å². The summed E-state index contributed by atoms with van der Waals surface area (Å²) in [5.74, 6) is 0.748. The summed E-state index contributed by atoms with van der Waals surface area (Å²) in [6, 6.07) is 23.2. The van der Waals surface area contributed by atoms with E-state index in [0.717, 1.165) is 11.1 Å². The van der Waals surface area contributed by atoms with Gasteiger partial charge in [-0.15, -0.1) is 0 Å². The first-order valence-corrected chi connectivity index (χ1v) is 11.0. The zero-order chi connectivity index (χ0) is 22.9. The number of benzene rings is 3. The summed E-state index contributed by atoms with van der Waals surface area (Å²) in [5, 5.41) is 8.40. The third-order valence-corrected chi connectivity index (χ3v) is 5.93. The van der Waals surface area contributed by atoms with Crippen LogP contribution in [0.2, 0.25) is 10.0 Å². The van der Waals surface area contributed by atoms with Crippen LogP contribution in [-0.2, 0) is 0 Å². The van der Waals surface area contributed by atoms with Crippen LogP contribution < -0.4 is 10.2 Å². The Kier molecular flexibility index (Phi) is 5.62. The molecule has 0 spiro atoms. The topological polar surface area (TPSA) is 71.3 Å². The van der Waals surface area contributed by atoms with Gasteiger partial charge in [0.05, 0.1) is 17.3 Å².